The first-order valence-electron chi connectivity index (χ1n) is 5.61. The van der Waals surface area contributed by atoms with Gasteiger partial charge in [0.2, 0.25) is 0 Å². The summed E-state index contributed by atoms with van der Waals surface area (Å²) >= 11 is 6.21. The summed E-state index contributed by atoms with van der Waals surface area (Å²) in [7, 11) is 3.81. The van der Waals surface area contributed by atoms with E-state index in [-0.39, 0.29) is 0 Å². The number of para-hydroxylation sites is 1. The van der Waals surface area contributed by atoms with Gasteiger partial charge in [0, 0.05) is 36.8 Å². The number of nitrogen functional groups attached to an aromatic ring is 1. The van der Waals surface area contributed by atoms with E-state index in [9.17, 15) is 0 Å². The molecule has 0 fully saturated rings. The molecule has 92 valence electrons. The zero-order chi connectivity index (χ0) is 12.9. The Kier molecular flexibility index (Phi) is 2.35. The molecule has 5 heteroatoms. The van der Waals surface area contributed by atoms with Crippen molar-refractivity contribution in [1.29, 1.82) is 0 Å². The van der Waals surface area contributed by atoms with Gasteiger partial charge in [0.05, 0.1) is 16.7 Å². The highest BCUT2D eigenvalue weighted by Crippen LogP contribution is 2.35. The number of fused-ring (bicyclic) bond motifs is 1. The second-order valence-electron chi connectivity index (χ2n) is 4.36. The highest BCUT2D eigenvalue weighted by Gasteiger charge is 2.14. The molecule has 2 aromatic heterocycles. The van der Waals surface area contributed by atoms with Crippen molar-refractivity contribution >= 4 is 28.3 Å². The van der Waals surface area contributed by atoms with Crippen LogP contribution in [-0.2, 0) is 14.1 Å². The molecule has 1 aromatic carbocycles. The van der Waals surface area contributed by atoms with Crippen LogP contribution in [0.3, 0.4) is 0 Å². The minimum atomic E-state index is 0.653. The second-order valence-corrected chi connectivity index (χ2v) is 4.76. The normalized spacial score (nSPS) is 11.3. The van der Waals surface area contributed by atoms with E-state index in [1.54, 1.807) is 10.9 Å². The summed E-state index contributed by atoms with van der Waals surface area (Å²) in [4.78, 5) is 0. The molecule has 3 aromatic rings. The van der Waals surface area contributed by atoms with E-state index in [1.165, 1.54) is 0 Å². The number of aromatic nitrogens is 3. The van der Waals surface area contributed by atoms with Crippen molar-refractivity contribution in [2.75, 3.05) is 5.73 Å². The molecule has 0 aliphatic heterocycles. The molecule has 2 N–H and O–H groups in total. The lowest BCUT2D eigenvalue weighted by atomic mass is 10.1. The van der Waals surface area contributed by atoms with Crippen molar-refractivity contribution in [1.82, 2.24) is 14.3 Å². The summed E-state index contributed by atoms with van der Waals surface area (Å²) in [6, 6.07) is 6.02. The molecule has 0 saturated heterocycles. The van der Waals surface area contributed by atoms with E-state index in [4.69, 9.17) is 17.3 Å². The van der Waals surface area contributed by atoms with Gasteiger partial charge in [-0.25, -0.2) is 0 Å². The van der Waals surface area contributed by atoms with Gasteiger partial charge in [-0.2, -0.15) is 5.10 Å². The maximum atomic E-state index is 6.21. The van der Waals surface area contributed by atoms with Crippen LogP contribution < -0.4 is 5.73 Å². The third-order valence-corrected chi connectivity index (χ3v) is 3.53. The molecule has 0 atom stereocenters. The second kappa shape index (κ2) is 3.78. The molecule has 0 amide bonds. The predicted octanol–water partition coefficient (Wildman–Crippen LogP) is 2.81. The molecule has 3 rings (SSSR count). The molecule has 0 saturated carbocycles. The summed E-state index contributed by atoms with van der Waals surface area (Å²) in [5, 5.41) is 5.96. The van der Waals surface area contributed by atoms with Gasteiger partial charge >= 0.3 is 0 Å². The molecule has 2 heterocycles. The molecule has 0 unspecified atom stereocenters. The first kappa shape index (κ1) is 11.2. The monoisotopic (exact) mass is 260 g/mol. The van der Waals surface area contributed by atoms with Crippen LogP contribution in [0.15, 0.2) is 30.6 Å². The van der Waals surface area contributed by atoms with E-state index in [2.05, 4.69) is 5.10 Å². The number of nitrogens with two attached hydrogens (primary N) is 1. The van der Waals surface area contributed by atoms with Crippen molar-refractivity contribution in [3.8, 4) is 11.1 Å². The smallest absolute Gasteiger partial charge is 0.129 e. The van der Waals surface area contributed by atoms with Gasteiger partial charge in [0.25, 0.3) is 0 Å². The summed E-state index contributed by atoms with van der Waals surface area (Å²) < 4.78 is 3.68. The van der Waals surface area contributed by atoms with Gasteiger partial charge in [-0.1, -0.05) is 29.8 Å². The minimum absolute atomic E-state index is 0.653. The molecule has 0 aliphatic rings. The Hall–Kier alpha value is -1.94. The molecule has 18 heavy (non-hydrogen) atoms. The van der Waals surface area contributed by atoms with Gasteiger partial charge in [-0.15, -0.1) is 0 Å². The van der Waals surface area contributed by atoms with Crippen LogP contribution in [-0.4, -0.2) is 14.3 Å². The SMILES string of the molecule is Cn1ncc(-c2cccc3c(Cl)cn(C)c23)c1N. The van der Waals surface area contributed by atoms with Crippen molar-refractivity contribution in [3.63, 3.8) is 0 Å². The summed E-state index contributed by atoms with van der Waals surface area (Å²) in [6.45, 7) is 0. The van der Waals surface area contributed by atoms with Crippen LogP contribution in [0.2, 0.25) is 5.02 Å². The lowest BCUT2D eigenvalue weighted by Gasteiger charge is -2.05. The number of anilines is 1. The zero-order valence-electron chi connectivity index (χ0n) is 10.2. The highest BCUT2D eigenvalue weighted by atomic mass is 35.5. The van der Waals surface area contributed by atoms with E-state index in [1.807, 2.05) is 43.1 Å². The summed E-state index contributed by atoms with van der Waals surface area (Å²) in [5.41, 5.74) is 9.09. The fourth-order valence-electron chi connectivity index (χ4n) is 2.29. The van der Waals surface area contributed by atoms with Gasteiger partial charge < -0.3 is 10.3 Å². The maximum absolute atomic E-state index is 6.21. The average Bonchev–Trinajstić information content (AvgIpc) is 2.83. The van der Waals surface area contributed by atoms with Crippen LogP contribution >= 0.6 is 11.6 Å². The summed E-state index contributed by atoms with van der Waals surface area (Å²) in [6.07, 6.45) is 3.69. The standard InChI is InChI=1S/C13H13ClN4/c1-17-7-11(14)9-5-3-4-8(12(9)17)10-6-16-18(2)13(10)15/h3-7H,15H2,1-2H3. The third-order valence-electron chi connectivity index (χ3n) is 3.23. The van der Waals surface area contributed by atoms with Crippen LogP contribution in [0.25, 0.3) is 22.0 Å². The molecule has 0 radical (unpaired) electrons. The Balaban J connectivity index is 2.39. The van der Waals surface area contributed by atoms with E-state index in [0.717, 1.165) is 27.1 Å². The first-order chi connectivity index (χ1) is 8.59. The van der Waals surface area contributed by atoms with Crippen LogP contribution in [0.1, 0.15) is 0 Å². The van der Waals surface area contributed by atoms with E-state index < -0.39 is 0 Å². The fourth-order valence-corrected chi connectivity index (χ4v) is 2.59. The number of benzene rings is 1. The van der Waals surface area contributed by atoms with Gasteiger partial charge in [0.15, 0.2) is 0 Å². The Morgan fingerprint density at radius 3 is 2.67 bits per heavy atom. The minimum Gasteiger partial charge on any atom is -0.383 e. The maximum Gasteiger partial charge on any atom is 0.129 e. The van der Waals surface area contributed by atoms with Crippen molar-refractivity contribution < 1.29 is 0 Å². The van der Waals surface area contributed by atoms with Crippen LogP contribution in [0.5, 0.6) is 0 Å². The van der Waals surface area contributed by atoms with Crippen LogP contribution in [0.4, 0.5) is 5.82 Å². The third kappa shape index (κ3) is 1.42. The highest BCUT2D eigenvalue weighted by molar-refractivity contribution is 6.36. The Morgan fingerprint density at radius 2 is 2.00 bits per heavy atom. The Bertz CT molecular complexity index is 739. The topological polar surface area (TPSA) is 48.8 Å². The van der Waals surface area contributed by atoms with Gasteiger partial charge in [-0.05, 0) is 0 Å². The molecule has 0 bridgehead atoms. The van der Waals surface area contributed by atoms with Crippen molar-refractivity contribution in [2.24, 2.45) is 14.1 Å². The molecule has 0 spiro atoms. The van der Waals surface area contributed by atoms with Crippen molar-refractivity contribution in [2.45, 2.75) is 0 Å². The quantitative estimate of drug-likeness (QED) is 0.731. The van der Waals surface area contributed by atoms with Crippen molar-refractivity contribution in [3.05, 3.63) is 35.6 Å². The molecule has 4 nitrogen and oxygen atoms in total. The average molecular weight is 261 g/mol. The fraction of sp³-hybridized carbons (Fsp3) is 0.154. The number of rotatable bonds is 1. The van der Waals surface area contributed by atoms with Gasteiger partial charge in [0.1, 0.15) is 5.82 Å². The van der Waals surface area contributed by atoms with E-state index in [0.29, 0.717) is 5.82 Å². The first-order valence-corrected chi connectivity index (χ1v) is 5.99. The lowest BCUT2D eigenvalue weighted by molar-refractivity contribution is 0.779. The lowest BCUT2D eigenvalue weighted by Crippen LogP contribution is -1.98. The molecule has 0 aliphatic carbocycles. The molecular weight excluding hydrogens is 248 g/mol. The number of hydrogen-bond acceptors (Lipinski definition) is 2. The number of hydrogen-bond donors (Lipinski definition) is 1. The molecular formula is C13H13ClN4. The number of aryl methyl sites for hydroxylation is 2. The predicted molar refractivity (Wildman–Crippen MR) is 74.5 cm³/mol. The van der Waals surface area contributed by atoms with Gasteiger partial charge in [-0.3, -0.25) is 4.68 Å². The van der Waals surface area contributed by atoms with E-state index >= 15 is 0 Å². The number of nitrogens with zero attached hydrogens (tertiary/aromatic N) is 3. The Morgan fingerprint density at radius 1 is 1.22 bits per heavy atom. The number of halogens is 1. The van der Waals surface area contributed by atoms with Crippen LogP contribution in [0, 0.1) is 0 Å². The largest absolute Gasteiger partial charge is 0.383 e. The Labute approximate surface area is 110 Å². The zero-order valence-corrected chi connectivity index (χ0v) is 10.9. The summed E-state index contributed by atoms with van der Waals surface area (Å²) in [5.74, 6) is 0.653.